The molecule has 0 aromatic heterocycles. The summed E-state index contributed by atoms with van der Waals surface area (Å²) >= 11 is 0. The predicted molar refractivity (Wildman–Crippen MR) is 62.0 cm³/mol. The number of hydrogen-bond donors (Lipinski definition) is 0. The third-order valence-electron chi connectivity index (χ3n) is 2.79. The number of rotatable bonds is 6. The van der Waals surface area contributed by atoms with Crippen LogP contribution in [0.1, 0.15) is 27.2 Å². The van der Waals surface area contributed by atoms with Crippen molar-refractivity contribution in [3.05, 3.63) is 11.8 Å². The minimum atomic E-state index is -0.369. The summed E-state index contributed by atoms with van der Waals surface area (Å²) in [5, 5.41) is 0. The van der Waals surface area contributed by atoms with Crippen molar-refractivity contribution in [2.75, 3.05) is 21.3 Å². The van der Waals surface area contributed by atoms with Crippen molar-refractivity contribution in [2.45, 2.75) is 33.3 Å². The SMILES string of the molecule is CC=C(OC)C(C)(C)[C@@H](CC(=O)OC)OC. The van der Waals surface area contributed by atoms with Crippen LogP contribution in [-0.2, 0) is 19.0 Å². The molecule has 0 heterocycles. The third kappa shape index (κ3) is 3.52. The molecule has 0 N–H and O–H groups in total. The summed E-state index contributed by atoms with van der Waals surface area (Å²) < 4.78 is 15.3. The van der Waals surface area contributed by atoms with Crippen LogP contribution in [0.4, 0.5) is 0 Å². The first-order chi connectivity index (χ1) is 7.43. The molecule has 0 fully saturated rings. The topological polar surface area (TPSA) is 44.8 Å². The Morgan fingerprint density at radius 3 is 2.12 bits per heavy atom. The molecule has 0 saturated heterocycles. The highest BCUT2D eigenvalue weighted by atomic mass is 16.5. The molecule has 0 aromatic rings. The summed E-state index contributed by atoms with van der Waals surface area (Å²) in [5.74, 6) is 0.509. The average Bonchev–Trinajstić information content (AvgIpc) is 2.26. The van der Waals surface area contributed by atoms with E-state index in [9.17, 15) is 4.79 Å². The Hall–Kier alpha value is -1.03. The van der Waals surface area contributed by atoms with Crippen LogP contribution in [0.3, 0.4) is 0 Å². The lowest BCUT2D eigenvalue weighted by atomic mass is 9.82. The first kappa shape index (κ1) is 15.0. The highest BCUT2D eigenvalue weighted by molar-refractivity contribution is 5.70. The van der Waals surface area contributed by atoms with Crippen LogP contribution in [0, 0.1) is 5.41 Å². The summed E-state index contributed by atoms with van der Waals surface area (Å²) in [6, 6.07) is 0. The van der Waals surface area contributed by atoms with Gasteiger partial charge in [0, 0.05) is 12.5 Å². The van der Waals surface area contributed by atoms with Gasteiger partial charge in [0.15, 0.2) is 0 Å². The number of carbonyl (C=O) groups excluding carboxylic acids is 1. The molecule has 4 nitrogen and oxygen atoms in total. The molecule has 0 aliphatic heterocycles. The Labute approximate surface area is 97.6 Å². The van der Waals surface area contributed by atoms with Crippen molar-refractivity contribution < 1.29 is 19.0 Å². The lowest BCUT2D eigenvalue weighted by Crippen LogP contribution is -2.35. The van der Waals surface area contributed by atoms with Crippen molar-refractivity contribution in [3.63, 3.8) is 0 Å². The smallest absolute Gasteiger partial charge is 0.308 e. The largest absolute Gasteiger partial charge is 0.501 e. The molecule has 0 spiro atoms. The van der Waals surface area contributed by atoms with Crippen LogP contribution in [0.15, 0.2) is 11.8 Å². The van der Waals surface area contributed by atoms with E-state index in [-0.39, 0.29) is 23.9 Å². The average molecular weight is 230 g/mol. The zero-order chi connectivity index (χ0) is 12.8. The number of methoxy groups -OCH3 is 3. The van der Waals surface area contributed by atoms with Crippen LogP contribution < -0.4 is 0 Å². The van der Waals surface area contributed by atoms with Crippen LogP contribution in [0.5, 0.6) is 0 Å². The number of carbonyl (C=O) groups is 1. The van der Waals surface area contributed by atoms with E-state index in [0.29, 0.717) is 0 Å². The van der Waals surface area contributed by atoms with E-state index in [1.807, 2.05) is 26.8 Å². The molecule has 0 unspecified atom stereocenters. The summed E-state index contributed by atoms with van der Waals surface area (Å²) in [6.45, 7) is 5.84. The second-order valence-corrected chi connectivity index (χ2v) is 4.08. The molecule has 16 heavy (non-hydrogen) atoms. The lowest BCUT2D eigenvalue weighted by molar-refractivity contribution is -0.145. The zero-order valence-corrected chi connectivity index (χ0v) is 11.0. The first-order valence-corrected chi connectivity index (χ1v) is 5.24. The Morgan fingerprint density at radius 2 is 1.81 bits per heavy atom. The van der Waals surface area contributed by atoms with Crippen LogP contribution in [0.25, 0.3) is 0 Å². The highest BCUT2D eigenvalue weighted by Crippen LogP contribution is 2.34. The van der Waals surface area contributed by atoms with Gasteiger partial charge >= 0.3 is 5.97 Å². The third-order valence-corrected chi connectivity index (χ3v) is 2.79. The number of ether oxygens (including phenoxy) is 3. The molecule has 1 atom stereocenters. The van der Waals surface area contributed by atoms with Crippen molar-refractivity contribution in [1.82, 2.24) is 0 Å². The Balaban J connectivity index is 4.85. The highest BCUT2D eigenvalue weighted by Gasteiger charge is 2.36. The molecular formula is C12H22O4. The first-order valence-electron chi connectivity index (χ1n) is 5.24. The fourth-order valence-corrected chi connectivity index (χ4v) is 1.78. The summed E-state index contributed by atoms with van der Waals surface area (Å²) in [7, 11) is 4.56. The van der Waals surface area contributed by atoms with Crippen molar-refractivity contribution >= 4 is 5.97 Å². The molecule has 0 saturated carbocycles. The van der Waals surface area contributed by atoms with E-state index in [0.717, 1.165) is 5.76 Å². The van der Waals surface area contributed by atoms with E-state index in [4.69, 9.17) is 9.47 Å². The van der Waals surface area contributed by atoms with Gasteiger partial charge in [-0.3, -0.25) is 4.79 Å². The number of esters is 1. The standard InChI is InChI=1S/C12H22O4/c1-7-9(14-4)12(2,3)10(15-5)8-11(13)16-6/h7,10H,8H2,1-6H3/t10-/m1/s1. The molecule has 0 amide bonds. The van der Waals surface area contributed by atoms with Gasteiger partial charge in [-0.05, 0) is 13.0 Å². The molecule has 94 valence electrons. The summed E-state index contributed by atoms with van der Waals surface area (Å²) in [4.78, 5) is 11.3. The van der Waals surface area contributed by atoms with Gasteiger partial charge in [0.05, 0.1) is 32.5 Å². The predicted octanol–water partition coefficient (Wildman–Crippen LogP) is 2.14. The van der Waals surface area contributed by atoms with E-state index in [1.54, 1.807) is 14.2 Å². The quantitative estimate of drug-likeness (QED) is 0.518. The normalized spacial score (nSPS) is 14.5. The van der Waals surface area contributed by atoms with Gasteiger partial charge in [-0.15, -0.1) is 0 Å². The minimum Gasteiger partial charge on any atom is -0.501 e. The van der Waals surface area contributed by atoms with Gasteiger partial charge in [0.25, 0.3) is 0 Å². The Morgan fingerprint density at radius 1 is 1.25 bits per heavy atom. The van der Waals surface area contributed by atoms with Gasteiger partial charge in [-0.1, -0.05) is 13.8 Å². The monoisotopic (exact) mass is 230 g/mol. The number of allylic oxidation sites excluding steroid dienone is 1. The van der Waals surface area contributed by atoms with Crippen molar-refractivity contribution in [2.24, 2.45) is 5.41 Å². The van der Waals surface area contributed by atoms with Crippen LogP contribution in [0.2, 0.25) is 0 Å². The summed E-state index contributed by atoms with van der Waals surface area (Å²) in [6.07, 6.45) is 1.82. The minimum absolute atomic E-state index is 0.209. The fraction of sp³-hybridized carbons (Fsp3) is 0.750. The van der Waals surface area contributed by atoms with E-state index >= 15 is 0 Å². The van der Waals surface area contributed by atoms with E-state index in [2.05, 4.69) is 4.74 Å². The molecule has 0 aliphatic rings. The van der Waals surface area contributed by atoms with E-state index < -0.39 is 0 Å². The molecule has 0 aliphatic carbocycles. The molecule has 0 bridgehead atoms. The second-order valence-electron chi connectivity index (χ2n) is 4.08. The zero-order valence-electron chi connectivity index (χ0n) is 11.0. The van der Waals surface area contributed by atoms with Gasteiger partial charge in [0.2, 0.25) is 0 Å². The maximum atomic E-state index is 11.3. The van der Waals surface area contributed by atoms with Gasteiger partial charge < -0.3 is 14.2 Å². The molecular weight excluding hydrogens is 208 g/mol. The maximum absolute atomic E-state index is 11.3. The maximum Gasteiger partial charge on any atom is 0.308 e. The molecule has 0 radical (unpaired) electrons. The van der Waals surface area contributed by atoms with Crippen molar-refractivity contribution in [3.8, 4) is 0 Å². The second kappa shape index (κ2) is 6.53. The molecule has 4 heteroatoms. The van der Waals surface area contributed by atoms with Gasteiger partial charge in [-0.25, -0.2) is 0 Å². The van der Waals surface area contributed by atoms with Crippen LogP contribution in [-0.4, -0.2) is 33.4 Å². The molecule has 0 aromatic carbocycles. The summed E-state index contributed by atoms with van der Waals surface area (Å²) in [5.41, 5.74) is -0.369. The Bertz CT molecular complexity index is 256. The lowest BCUT2D eigenvalue weighted by Gasteiger charge is -2.33. The Kier molecular flexibility index (Phi) is 6.11. The van der Waals surface area contributed by atoms with Gasteiger partial charge in [-0.2, -0.15) is 0 Å². The fourth-order valence-electron chi connectivity index (χ4n) is 1.78. The van der Waals surface area contributed by atoms with E-state index in [1.165, 1.54) is 7.11 Å². The molecule has 0 rings (SSSR count). The number of hydrogen-bond acceptors (Lipinski definition) is 4. The van der Waals surface area contributed by atoms with Crippen molar-refractivity contribution in [1.29, 1.82) is 0 Å². The van der Waals surface area contributed by atoms with Crippen LogP contribution >= 0.6 is 0 Å². The van der Waals surface area contributed by atoms with Gasteiger partial charge in [0.1, 0.15) is 0 Å².